The van der Waals surface area contributed by atoms with E-state index in [4.69, 9.17) is 11.6 Å². The van der Waals surface area contributed by atoms with Gasteiger partial charge < -0.3 is 10.2 Å². The molecule has 4 nitrogen and oxygen atoms in total. The number of halogens is 1. The smallest absolute Gasteiger partial charge is 0.242 e. The normalized spacial score (nSPS) is 11.7. The number of unbranched alkanes of at least 4 members (excludes halogenated alkanes) is 1. The molecule has 0 radical (unpaired) electrons. The van der Waals surface area contributed by atoms with Gasteiger partial charge in [0.05, 0.1) is 5.75 Å². The zero-order valence-corrected chi connectivity index (χ0v) is 20.3. The fraction of sp³-hybridized carbons (Fsp3) is 0.440. The highest BCUT2D eigenvalue weighted by Crippen LogP contribution is 2.19. The molecule has 0 bridgehead atoms. The van der Waals surface area contributed by atoms with E-state index in [0.717, 1.165) is 29.7 Å². The van der Waals surface area contributed by atoms with E-state index in [0.29, 0.717) is 30.3 Å². The summed E-state index contributed by atoms with van der Waals surface area (Å²) in [4.78, 5) is 27.8. The third-order valence-electron chi connectivity index (χ3n) is 5.10. The second kappa shape index (κ2) is 13.4. The van der Waals surface area contributed by atoms with E-state index >= 15 is 0 Å². The second-order valence-electron chi connectivity index (χ2n) is 7.70. The maximum atomic E-state index is 13.2. The van der Waals surface area contributed by atoms with Gasteiger partial charge in [0.25, 0.3) is 0 Å². The number of hydrogen-bond donors (Lipinski definition) is 1. The van der Waals surface area contributed by atoms with Gasteiger partial charge in [0.2, 0.25) is 11.8 Å². The predicted molar refractivity (Wildman–Crippen MR) is 131 cm³/mol. The molecule has 6 heteroatoms. The maximum Gasteiger partial charge on any atom is 0.242 e. The molecule has 0 aromatic heterocycles. The molecule has 0 fully saturated rings. The minimum absolute atomic E-state index is 0.0166. The molecule has 2 amide bonds. The third kappa shape index (κ3) is 8.58. The van der Waals surface area contributed by atoms with Gasteiger partial charge in [0.15, 0.2) is 0 Å². The molecular weight excluding hydrogens is 428 g/mol. The number of rotatable bonds is 12. The summed E-state index contributed by atoms with van der Waals surface area (Å²) in [5.41, 5.74) is 3.32. The topological polar surface area (TPSA) is 49.4 Å². The first-order chi connectivity index (χ1) is 14.9. The number of amides is 2. The van der Waals surface area contributed by atoms with Crippen LogP contribution in [0.2, 0.25) is 5.02 Å². The standard InChI is InChI=1S/C25H33ClN2O2S/c1-4-6-15-27-25(30)23(5-2)28(16-20-9-7-19(3)8-10-20)24(29)18-31-17-21-11-13-22(26)14-12-21/h7-14,23H,4-6,15-18H2,1-3H3,(H,27,30). The quantitative estimate of drug-likeness (QED) is 0.419. The summed E-state index contributed by atoms with van der Waals surface area (Å²) in [5, 5.41) is 3.70. The van der Waals surface area contributed by atoms with E-state index in [2.05, 4.69) is 12.2 Å². The van der Waals surface area contributed by atoms with Gasteiger partial charge in [-0.3, -0.25) is 9.59 Å². The third-order valence-corrected chi connectivity index (χ3v) is 6.34. The number of carbonyl (C=O) groups is 2. The average Bonchev–Trinajstić information content (AvgIpc) is 2.76. The number of carbonyl (C=O) groups excluding carboxylic acids is 2. The lowest BCUT2D eigenvalue weighted by atomic mass is 10.1. The van der Waals surface area contributed by atoms with Gasteiger partial charge in [-0.15, -0.1) is 11.8 Å². The molecule has 1 N–H and O–H groups in total. The molecule has 0 heterocycles. The van der Waals surface area contributed by atoms with E-state index in [1.807, 2.05) is 62.4 Å². The summed E-state index contributed by atoms with van der Waals surface area (Å²) < 4.78 is 0. The molecule has 2 aromatic rings. The van der Waals surface area contributed by atoms with Gasteiger partial charge in [0.1, 0.15) is 6.04 Å². The Kier molecular flexibility index (Phi) is 11.0. The van der Waals surface area contributed by atoms with Gasteiger partial charge in [-0.05, 0) is 43.0 Å². The summed E-state index contributed by atoms with van der Waals surface area (Å²) >= 11 is 7.50. The Morgan fingerprint density at radius 1 is 1.03 bits per heavy atom. The lowest BCUT2D eigenvalue weighted by Crippen LogP contribution is -2.49. The molecular formula is C25H33ClN2O2S. The largest absolute Gasteiger partial charge is 0.354 e. The summed E-state index contributed by atoms with van der Waals surface area (Å²) in [6.07, 6.45) is 2.53. The Balaban J connectivity index is 2.08. The van der Waals surface area contributed by atoms with E-state index in [1.165, 1.54) is 5.56 Å². The van der Waals surface area contributed by atoms with Gasteiger partial charge in [-0.1, -0.05) is 73.8 Å². The lowest BCUT2D eigenvalue weighted by Gasteiger charge is -2.30. The highest BCUT2D eigenvalue weighted by molar-refractivity contribution is 7.99. The molecule has 2 rings (SSSR count). The molecule has 0 spiro atoms. The maximum absolute atomic E-state index is 13.2. The Labute approximate surface area is 195 Å². The summed E-state index contributed by atoms with van der Waals surface area (Å²) in [6.45, 7) is 7.16. The Morgan fingerprint density at radius 3 is 2.29 bits per heavy atom. The van der Waals surface area contributed by atoms with Crippen LogP contribution < -0.4 is 5.32 Å². The monoisotopic (exact) mass is 460 g/mol. The Bertz CT molecular complexity index is 824. The van der Waals surface area contributed by atoms with Crippen molar-refractivity contribution in [3.8, 4) is 0 Å². The predicted octanol–water partition coefficient (Wildman–Crippen LogP) is 5.61. The molecule has 0 aliphatic heterocycles. The van der Waals surface area contributed by atoms with Crippen molar-refractivity contribution in [3.05, 3.63) is 70.2 Å². The summed E-state index contributed by atoms with van der Waals surface area (Å²) in [5.74, 6) is 0.963. The van der Waals surface area contributed by atoms with Crippen molar-refractivity contribution in [3.63, 3.8) is 0 Å². The zero-order valence-electron chi connectivity index (χ0n) is 18.7. The molecule has 1 unspecified atom stereocenters. The Morgan fingerprint density at radius 2 is 1.68 bits per heavy atom. The van der Waals surface area contributed by atoms with Gasteiger partial charge in [0, 0.05) is 23.9 Å². The van der Waals surface area contributed by atoms with E-state index in [9.17, 15) is 9.59 Å². The van der Waals surface area contributed by atoms with Crippen LogP contribution >= 0.6 is 23.4 Å². The van der Waals surface area contributed by atoms with Crippen LogP contribution in [0.4, 0.5) is 0 Å². The fourth-order valence-corrected chi connectivity index (χ4v) is 4.23. The zero-order chi connectivity index (χ0) is 22.6. The molecule has 0 saturated carbocycles. The molecule has 2 aromatic carbocycles. The second-order valence-corrected chi connectivity index (χ2v) is 9.12. The van der Waals surface area contributed by atoms with Gasteiger partial charge in [-0.25, -0.2) is 0 Å². The van der Waals surface area contributed by atoms with Gasteiger partial charge in [-0.2, -0.15) is 0 Å². The number of nitrogens with zero attached hydrogens (tertiary/aromatic N) is 1. The van der Waals surface area contributed by atoms with Gasteiger partial charge >= 0.3 is 0 Å². The van der Waals surface area contributed by atoms with Crippen LogP contribution in [0.1, 0.15) is 49.8 Å². The molecule has 168 valence electrons. The fourth-order valence-electron chi connectivity index (χ4n) is 3.24. The number of aryl methyl sites for hydroxylation is 1. The van der Waals surface area contributed by atoms with Crippen LogP contribution in [0.25, 0.3) is 0 Å². The van der Waals surface area contributed by atoms with Crippen LogP contribution in [0.15, 0.2) is 48.5 Å². The highest BCUT2D eigenvalue weighted by Gasteiger charge is 2.28. The van der Waals surface area contributed by atoms with E-state index < -0.39 is 6.04 Å². The first-order valence-electron chi connectivity index (χ1n) is 10.9. The molecule has 1 atom stereocenters. The van der Waals surface area contributed by atoms with E-state index in [-0.39, 0.29) is 11.8 Å². The molecule has 31 heavy (non-hydrogen) atoms. The summed E-state index contributed by atoms with van der Waals surface area (Å²) in [7, 11) is 0. The summed E-state index contributed by atoms with van der Waals surface area (Å²) in [6, 6.07) is 15.3. The molecule has 0 aliphatic rings. The van der Waals surface area contributed by atoms with Crippen LogP contribution in [0.3, 0.4) is 0 Å². The minimum Gasteiger partial charge on any atom is -0.354 e. The number of thioether (sulfide) groups is 1. The van der Waals surface area contributed by atoms with Crippen molar-refractivity contribution in [2.75, 3.05) is 12.3 Å². The highest BCUT2D eigenvalue weighted by atomic mass is 35.5. The molecule has 0 saturated heterocycles. The first kappa shape index (κ1) is 25.3. The minimum atomic E-state index is -0.471. The van der Waals surface area contributed by atoms with Crippen molar-refractivity contribution in [2.45, 2.75) is 58.4 Å². The van der Waals surface area contributed by atoms with Crippen molar-refractivity contribution in [2.24, 2.45) is 0 Å². The van der Waals surface area contributed by atoms with Crippen molar-refractivity contribution >= 4 is 35.2 Å². The van der Waals surface area contributed by atoms with Crippen LogP contribution in [0, 0.1) is 6.92 Å². The molecule has 0 aliphatic carbocycles. The SMILES string of the molecule is CCCCNC(=O)C(CC)N(Cc1ccc(C)cc1)C(=O)CSCc1ccc(Cl)cc1. The van der Waals surface area contributed by atoms with Crippen molar-refractivity contribution in [1.29, 1.82) is 0 Å². The van der Waals surface area contributed by atoms with Crippen molar-refractivity contribution in [1.82, 2.24) is 10.2 Å². The van der Waals surface area contributed by atoms with Crippen LogP contribution in [-0.4, -0.2) is 35.1 Å². The number of nitrogens with one attached hydrogen (secondary N) is 1. The number of hydrogen-bond acceptors (Lipinski definition) is 3. The lowest BCUT2D eigenvalue weighted by molar-refractivity contribution is -0.139. The van der Waals surface area contributed by atoms with Crippen molar-refractivity contribution < 1.29 is 9.59 Å². The van der Waals surface area contributed by atoms with Crippen LogP contribution in [0.5, 0.6) is 0 Å². The Hall–Kier alpha value is -1.98. The van der Waals surface area contributed by atoms with E-state index in [1.54, 1.807) is 16.7 Å². The average molecular weight is 461 g/mol. The first-order valence-corrected chi connectivity index (χ1v) is 12.4. The van der Waals surface area contributed by atoms with Crippen LogP contribution in [-0.2, 0) is 21.9 Å². The number of benzene rings is 2.